The summed E-state index contributed by atoms with van der Waals surface area (Å²) >= 11 is 8.95. The third kappa shape index (κ3) is 3.53. The van der Waals surface area contributed by atoms with Crippen LogP contribution in [0.2, 0.25) is 5.15 Å². The maximum atomic E-state index is 13.2. The van der Waals surface area contributed by atoms with E-state index in [1.807, 2.05) is 0 Å². The molecule has 0 spiro atoms. The van der Waals surface area contributed by atoms with Crippen LogP contribution in [0.4, 0.5) is 15.8 Å². The maximum absolute atomic E-state index is 13.2. The predicted molar refractivity (Wildman–Crippen MR) is 78.0 cm³/mol. The van der Waals surface area contributed by atoms with E-state index in [1.165, 1.54) is 18.3 Å². The monoisotopic (exact) mass is 373 g/mol. The number of pyridine rings is 1. The molecule has 0 fully saturated rings. The first-order valence-corrected chi connectivity index (χ1v) is 6.62. The van der Waals surface area contributed by atoms with E-state index in [4.69, 9.17) is 11.6 Å². The lowest BCUT2D eigenvalue weighted by atomic mass is 10.2. The van der Waals surface area contributed by atoms with Crippen molar-refractivity contribution in [1.82, 2.24) is 4.98 Å². The van der Waals surface area contributed by atoms with Gasteiger partial charge in [-0.1, -0.05) is 11.6 Å². The van der Waals surface area contributed by atoms with Crippen molar-refractivity contribution in [1.29, 1.82) is 0 Å². The van der Waals surface area contributed by atoms with E-state index < -0.39 is 22.3 Å². The van der Waals surface area contributed by atoms with Crippen LogP contribution in [-0.2, 0) is 0 Å². The number of anilines is 1. The Bertz CT molecular complexity index is 742. The molecule has 9 heteroatoms. The Labute approximate surface area is 131 Å². The Balaban J connectivity index is 2.29. The molecule has 0 saturated carbocycles. The summed E-state index contributed by atoms with van der Waals surface area (Å²) in [4.78, 5) is 25.6. The van der Waals surface area contributed by atoms with Crippen LogP contribution in [0.15, 0.2) is 34.9 Å². The van der Waals surface area contributed by atoms with Crippen LogP contribution in [-0.4, -0.2) is 15.8 Å². The second-order valence-corrected chi connectivity index (χ2v) is 5.14. The van der Waals surface area contributed by atoms with E-state index in [2.05, 4.69) is 26.2 Å². The Hall–Kier alpha value is -2.06. The maximum Gasteiger partial charge on any atom is 0.306 e. The zero-order valence-electron chi connectivity index (χ0n) is 10.1. The lowest BCUT2D eigenvalue weighted by Crippen LogP contribution is -2.13. The molecule has 1 N–H and O–H groups in total. The van der Waals surface area contributed by atoms with Crippen LogP contribution in [0.1, 0.15) is 10.4 Å². The molecule has 1 heterocycles. The predicted octanol–water partition coefficient (Wildman–Crippen LogP) is 3.80. The molecule has 2 rings (SSSR count). The number of benzene rings is 1. The van der Waals surface area contributed by atoms with Gasteiger partial charge in [-0.05, 0) is 34.1 Å². The van der Waals surface area contributed by atoms with E-state index in [0.29, 0.717) is 4.47 Å². The van der Waals surface area contributed by atoms with Crippen LogP contribution >= 0.6 is 27.5 Å². The smallest absolute Gasteiger partial charge is 0.306 e. The van der Waals surface area contributed by atoms with Crippen molar-refractivity contribution in [2.45, 2.75) is 0 Å². The molecule has 0 saturated heterocycles. The molecule has 0 aliphatic heterocycles. The van der Waals surface area contributed by atoms with E-state index >= 15 is 0 Å². The van der Waals surface area contributed by atoms with Crippen LogP contribution in [0, 0.1) is 15.9 Å². The Kier molecular flexibility index (Phi) is 4.49. The molecule has 1 aromatic heterocycles. The quantitative estimate of drug-likeness (QED) is 0.503. The zero-order valence-corrected chi connectivity index (χ0v) is 12.5. The highest BCUT2D eigenvalue weighted by Gasteiger charge is 2.17. The fraction of sp³-hybridized carbons (Fsp3) is 0. The van der Waals surface area contributed by atoms with Crippen LogP contribution < -0.4 is 5.32 Å². The van der Waals surface area contributed by atoms with E-state index in [1.54, 1.807) is 0 Å². The minimum atomic E-state index is -0.986. The third-order valence-electron chi connectivity index (χ3n) is 2.45. The molecular weight excluding hydrogens is 369 g/mol. The van der Waals surface area contributed by atoms with Gasteiger partial charge in [0.25, 0.3) is 5.91 Å². The molecule has 0 unspecified atom stereocenters. The molecule has 108 valence electrons. The molecule has 0 bridgehead atoms. The highest BCUT2D eigenvalue weighted by molar-refractivity contribution is 9.10. The van der Waals surface area contributed by atoms with Crippen molar-refractivity contribution in [3.05, 3.63) is 61.6 Å². The van der Waals surface area contributed by atoms with Gasteiger partial charge in [-0.3, -0.25) is 14.9 Å². The van der Waals surface area contributed by atoms with Gasteiger partial charge in [-0.15, -0.1) is 0 Å². The van der Waals surface area contributed by atoms with Gasteiger partial charge in [0.15, 0.2) is 0 Å². The van der Waals surface area contributed by atoms with Crippen molar-refractivity contribution in [3.8, 4) is 0 Å². The van der Waals surface area contributed by atoms with Crippen LogP contribution in [0.5, 0.6) is 0 Å². The molecule has 1 aromatic carbocycles. The molecule has 0 radical (unpaired) electrons. The summed E-state index contributed by atoms with van der Waals surface area (Å²) in [5, 5.41) is 13.0. The molecule has 0 aliphatic rings. The minimum absolute atomic E-state index is 0.0210. The number of nitro benzene ring substituents is 1. The van der Waals surface area contributed by atoms with Crippen LogP contribution in [0.3, 0.4) is 0 Å². The van der Waals surface area contributed by atoms with Gasteiger partial charge in [0.1, 0.15) is 5.15 Å². The largest absolute Gasteiger partial charge is 0.322 e. The number of hydrogen-bond acceptors (Lipinski definition) is 4. The number of carbonyl (C=O) groups excluding carboxylic acids is 1. The van der Waals surface area contributed by atoms with Crippen LogP contribution in [0.25, 0.3) is 0 Å². The number of rotatable bonds is 3. The normalized spacial score (nSPS) is 10.2. The second kappa shape index (κ2) is 6.15. The summed E-state index contributed by atoms with van der Waals surface area (Å²) in [6.07, 6.45) is 1.42. The van der Waals surface area contributed by atoms with Gasteiger partial charge in [-0.25, -0.2) is 4.98 Å². The number of nitro groups is 1. The van der Waals surface area contributed by atoms with Gasteiger partial charge in [-0.2, -0.15) is 4.39 Å². The van der Waals surface area contributed by atoms with Crippen molar-refractivity contribution in [2.75, 3.05) is 5.32 Å². The van der Waals surface area contributed by atoms with Crippen molar-refractivity contribution >= 4 is 44.8 Å². The summed E-state index contributed by atoms with van der Waals surface area (Å²) in [7, 11) is 0. The summed E-state index contributed by atoms with van der Waals surface area (Å²) in [5.74, 6) is -1.60. The Morgan fingerprint density at radius 1 is 1.43 bits per heavy atom. The number of nitrogens with zero attached hydrogens (tertiary/aromatic N) is 2. The second-order valence-electron chi connectivity index (χ2n) is 3.87. The third-order valence-corrected chi connectivity index (χ3v) is 3.19. The number of hydrogen-bond donors (Lipinski definition) is 1. The van der Waals surface area contributed by atoms with Crippen molar-refractivity contribution in [3.63, 3.8) is 0 Å². The lowest BCUT2D eigenvalue weighted by Gasteiger charge is -2.07. The first kappa shape index (κ1) is 15.3. The number of halogens is 3. The fourth-order valence-electron chi connectivity index (χ4n) is 1.51. The molecular formula is C12H6BrClFN3O3. The number of aromatic nitrogens is 1. The van der Waals surface area contributed by atoms with Gasteiger partial charge in [0.2, 0.25) is 5.82 Å². The summed E-state index contributed by atoms with van der Waals surface area (Å²) in [6, 6.07) is 4.48. The van der Waals surface area contributed by atoms with E-state index in [0.717, 1.165) is 12.1 Å². The Morgan fingerprint density at radius 2 is 2.14 bits per heavy atom. The summed E-state index contributed by atoms with van der Waals surface area (Å²) < 4.78 is 13.7. The lowest BCUT2D eigenvalue weighted by molar-refractivity contribution is -0.387. The molecule has 21 heavy (non-hydrogen) atoms. The molecule has 6 nitrogen and oxygen atoms in total. The molecule has 2 aromatic rings. The first-order valence-electron chi connectivity index (χ1n) is 5.45. The standard InChI is InChI=1S/C12H6BrClFN3O3/c13-6-3-8(11(14)16-5-6)12(19)17-7-1-2-9(15)10(4-7)18(20)21/h1-5H,(H,17,19). The highest BCUT2D eigenvalue weighted by Crippen LogP contribution is 2.23. The van der Waals surface area contributed by atoms with Gasteiger partial charge in [0.05, 0.1) is 10.5 Å². The Morgan fingerprint density at radius 3 is 2.81 bits per heavy atom. The van der Waals surface area contributed by atoms with Gasteiger partial charge in [0, 0.05) is 22.4 Å². The van der Waals surface area contributed by atoms with Crippen molar-refractivity contribution < 1.29 is 14.1 Å². The molecule has 0 atom stereocenters. The molecule has 0 aliphatic carbocycles. The fourth-order valence-corrected chi connectivity index (χ4v) is 2.03. The topological polar surface area (TPSA) is 85.1 Å². The van der Waals surface area contributed by atoms with E-state index in [9.17, 15) is 19.3 Å². The summed E-state index contributed by atoms with van der Waals surface area (Å²) in [5.41, 5.74) is -0.576. The number of amides is 1. The van der Waals surface area contributed by atoms with Gasteiger partial charge >= 0.3 is 5.69 Å². The number of carbonyl (C=O) groups is 1. The first-order chi connectivity index (χ1) is 9.88. The summed E-state index contributed by atoms with van der Waals surface area (Å²) in [6.45, 7) is 0. The van der Waals surface area contributed by atoms with Crippen molar-refractivity contribution in [2.24, 2.45) is 0 Å². The average molecular weight is 375 g/mol. The zero-order chi connectivity index (χ0) is 15.6. The SMILES string of the molecule is O=C(Nc1ccc(F)c([N+](=O)[O-])c1)c1cc(Br)cnc1Cl. The van der Waals surface area contributed by atoms with Gasteiger partial charge < -0.3 is 5.32 Å². The molecule has 1 amide bonds. The van der Waals surface area contributed by atoms with E-state index in [-0.39, 0.29) is 16.4 Å². The number of nitrogens with one attached hydrogen (secondary N) is 1. The highest BCUT2D eigenvalue weighted by atomic mass is 79.9. The average Bonchev–Trinajstić information content (AvgIpc) is 2.43. The minimum Gasteiger partial charge on any atom is -0.322 e.